The third-order valence-electron chi connectivity index (χ3n) is 2.77. The molecular weight excluding hydrogens is 260 g/mol. The lowest BCUT2D eigenvalue weighted by Gasteiger charge is -2.05. The minimum atomic E-state index is -0.182. The van der Waals surface area contributed by atoms with Crippen LogP contribution in [-0.4, -0.2) is 5.97 Å². The van der Waals surface area contributed by atoms with Gasteiger partial charge in [0.1, 0.15) is 6.61 Å². The summed E-state index contributed by atoms with van der Waals surface area (Å²) in [5.74, 6) is -0.182. The number of aryl methyl sites for hydroxylation is 1. The molecule has 0 spiro atoms. The van der Waals surface area contributed by atoms with Gasteiger partial charge in [-0.1, -0.05) is 54.1 Å². The lowest BCUT2D eigenvalue weighted by molar-refractivity contribution is -0.144. The first-order valence-corrected chi connectivity index (χ1v) is 6.56. The van der Waals surface area contributed by atoms with Crippen molar-refractivity contribution in [3.8, 4) is 0 Å². The van der Waals surface area contributed by atoms with Crippen molar-refractivity contribution in [2.45, 2.75) is 19.4 Å². The molecule has 2 aromatic carbocycles. The molecule has 0 aromatic heterocycles. The van der Waals surface area contributed by atoms with Crippen molar-refractivity contribution >= 4 is 17.6 Å². The zero-order chi connectivity index (χ0) is 13.5. The minimum absolute atomic E-state index is 0.182. The second kappa shape index (κ2) is 6.95. The van der Waals surface area contributed by atoms with Gasteiger partial charge in [-0.2, -0.15) is 0 Å². The molecule has 0 unspecified atom stereocenters. The van der Waals surface area contributed by atoms with Crippen LogP contribution in [0.5, 0.6) is 0 Å². The summed E-state index contributed by atoms with van der Waals surface area (Å²) in [4.78, 5) is 11.6. The van der Waals surface area contributed by atoms with Gasteiger partial charge in [0.2, 0.25) is 0 Å². The number of hydrogen-bond acceptors (Lipinski definition) is 2. The van der Waals surface area contributed by atoms with Gasteiger partial charge in [0.05, 0.1) is 0 Å². The van der Waals surface area contributed by atoms with E-state index in [-0.39, 0.29) is 5.97 Å². The number of carbonyl (C=O) groups excluding carboxylic acids is 1. The van der Waals surface area contributed by atoms with E-state index < -0.39 is 0 Å². The highest BCUT2D eigenvalue weighted by atomic mass is 35.5. The van der Waals surface area contributed by atoms with Gasteiger partial charge in [-0.3, -0.25) is 4.79 Å². The number of rotatable bonds is 5. The number of carbonyl (C=O) groups is 1. The fourth-order valence-electron chi connectivity index (χ4n) is 1.71. The maximum Gasteiger partial charge on any atom is 0.306 e. The average molecular weight is 275 g/mol. The Labute approximate surface area is 118 Å². The van der Waals surface area contributed by atoms with Crippen LogP contribution in [0.3, 0.4) is 0 Å². The molecule has 2 nitrogen and oxygen atoms in total. The highest BCUT2D eigenvalue weighted by Gasteiger charge is 2.04. The maximum atomic E-state index is 11.6. The van der Waals surface area contributed by atoms with Crippen molar-refractivity contribution < 1.29 is 9.53 Å². The topological polar surface area (TPSA) is 26.3 Å². The number of benzene rings is 2. The first kappa shape index (κ1) is 13.6. The van der Waals surface area contributed by atoms with Gasteiger partial charge in [0.25, 0.3) is 0 Å². The highest BCUT2D eigenvalue weighted by Crippen LogP contribution is 2.11. The Morgan fingerprint density at radius 1 is 0.947 bits per heavy atom. The van der Waals surface area contributed by atoms with Crippen LogP contribution in [0.1, 0.15) is 17.5 Å². The number of esters is 1. The molecule has 0 fully saturated rings. The Kier molecular flexibility index (Phi) is 4.99. The smallest absolute Gasteiger partial charge is 0.306 e. The summed E-state index contributed by atoms with van der Waals surface area (Å²) in [5.41, 5.74) is 2.09. The average Bonchev–Trinajstić information content (AvgIpc) is 2.45. The Balaban J connectivity index is 1.74. The molecule has 98 valence electrons. The number of hydrogen-bond donors (Lipinski definition) is 0. The number of halogens is 1. The zero-order valence-electron chi connectivity index (χ0n) is 10.5. The van der Waals surface area contributed by atoms with E-state index >= 15 is 0 Å². The number of ether oxygens (including phenoxy) is 1. The molecule has 0 N–H and O–H groups in total. The van der Waals surface area contributed by atoms with Crippen LogP contribution < -0.4 is 0 Å². The quantitative estimate of drug-likeness (QED) is 0.770. The molecule has 0 radical (unpaired) electrons. The second-order valence-corrected chi connectivity index (χ2v) is 4.71. The van der Waals surface area contributed by atoms with Crippen LogP contribution in [0.2, 0.25) is 5.02 Å². The SMILES string of the molecule is O=C(CCc1ccc(Cl)cc1)OCc1ccccc1. The lowest BCUT2D eigenvalue weighted by atomic mass is 10.1. The van der Waals surface area contributed by atoms with E-state index in [1.54, 1.807) is 0 Å². The Morgan fingerprint density at radius 3 is 2.32 bits per heavy atom. The van der Waals surface area contributed by atoms with Gasteiger partial charge in [-0.25, -0.2) is 0 Å². The van der Waals surface area contributed by atoms with Gasteiger partial charge in [0, 0.05) is 11.4 Å². The van der Waals surface area contributed by atoms with Crippen LogP contribution in [0.25, 0.3) is 0 Å². The summed E-state index contributed by atoms with van der Waals surface area (Å²) in [6.07, 6.45) is 1.05. The molecule has 3 heteroatoms. The fourth-order valence-corrected chi connectivity index (χ4v) is 1.83. The van der Waals surface area contributed by atoms with Crippen molar-refractivity contribution in [2.75, 3.05) is 0 Å². The van der Waals surface area contributed by atoms with Crippen molar-refractivity contribution in [2.24, 2.45) is 0 Å². The van der Waals surface area contributed by atoms with Gasteiger partial charge in [0.15, 0.2) is 0 Å². The van der Waals surface area contributed by atoms with E-state index in [2.05, 4.69) is 0 Å². The van der Waals surface area contributed by atoms with Crippen LogP contribution in [0.4, 0.5) is 0 Å². The van der Waals surface area contributed by atoms with Gasteiger partial charge in [-0.15, -0.1) is 0 Å². The molecule has 2 aromatic rings. The molecule has 0 aliphatic rings. The van der Waals surface area contributed by atoms with Crippen molar-refractivity contribution in [1.82, 2.24) is 0 Å². The molecule has 2 rings (SSSR count). The molecule has 0 atom stereocenters. The third kappa shape index (κ3) is 4.76. The van der Waals surface area contributed by atoms with Crippen molar-refractivity contribution in [3.63, 3.8) is 0 Å². The van der Waals surface area contributed by atoms with E-state index in [9.17, 15) is 4.79 Å². The summed E-state index contributed by atoms with van der Waals surface area (Å²) in [7, 11) is 0. The standard InChI is InChI=1S/C16H15ClO2/c17-15-9-6-13(7-10-15)8-11-16(18)19-12-14-4-2-1-3-5-14/h1-7,9-10H,8,11-12H2. The molecule has 0 amide bonds. The fraction of sp³-hybridized carbons (Fsp3) is 0.188. The predicted molar refractivity (Wildman–Crippen MR) is 76.0 cm³/mol. The first-order chi connectivity index (χ1) is 9.24. The van der Waals surface area contributed by atoms with E-state index in [1.807, 2.05) is 54.6 Å². The van der Waals surface area contributed by atoms with E-state index in [4.69, 9.17) is 16.3 Å². The van der Waals surface area contributed by atoms with Gasteiger partial charge < -0.3 is 4.74 Å². The summed E-state index contributed by atoms with van der Waals surface area (Å²) < 4.78 is 5.21. The van der Waals surface area contributed by atoms with E-state index in [0.29, 0.717) is 24.5 Å². The Bertz CT molecular complexity index is 520. The van der Waals surface area contributed by atoms with Crippen LogP contribution >= 0.6 is 11.6 Å². The summed E-state index contributed by atoms with van der Waals surface area (Å²) in [6.45, 7) is 0.334. The van der Waals surface area contributed by atoms with Crippen LogP contribution in [0, 0.1) is 0 Å². The summed E-state index contributed by atoms with van der Waals surface area (Å²) in [6, 6.07) is 17.2. The monoisotopic (exact) mass is 274 g/mol. The zero-order valence-corrected chi connectivity index (χ0v) is 11.3. The molecular formula is C16H15ClO2. The highest BCUT2D eigenvalue weighted by molar-refractivity contribution is 6.30. The molecule has 19 heavy (non-hydrogen) atoms. The van der Waals surface area contributed by atoms with Crippen molar-refractivity contribution in [3.05, 3.63) is 70.7 Å². The summed E-state index contributed by atoms with van der Waals surface area (Å²) >= 11 is 5.80. The van der Waals surface area contributed by atoms with Crippen LogP contribution in [-0.2, 0) is 22.6 Å². The first-order valence-electron chi connectivity index (χ1n) is 6.18. The predicted octanol–water partition coefficient (Wildman–Crippen LogP) is 4.02. The molecule has 0 bridgehead atoms. The van der Waals surface area contributed by atoms with Gasteiger partial charge in [-0.05, 0) is 29.7 Å². The molecule has 0 saturated heterocycles. The molecule has 0 saturated carbocycles. The second-order valence-electron chi connectivity index (χ2n) is 4.27. The van der Waals surface area contributed by atoms with Crippen LogP contribution in [0.15, 0.2) is 54.6 Å². The molecule has 0 heterocycles. The minimum Gasteiger partial charge on any atom is -0.461 e. The van der Waals surface area contributed by atoms with Crippen molar-refractivity contribution in [1.29, 1.82) is 0 Å². The normalized spacial score (nSPS) is 10.2. The molecule has 0 aliphatic heterocycles. The Hall–Kier alpha value is -1.80. The largest absolute Gasteiger partial charge is 0.461 e. The lowest BCUT2D eigenvalue weighted by Crippen LogP contribution is -2.05. The third-order valence-corrected chi connectivity index (χ3v) is 3.03. The van der Waals surface area contributed by atoms with Gasteiger partial charge >= 0.3 is 5.97 Å². The Morgan fingerprint density at radius 2 is 1.63 bits per heavy atom. The maximum absolute atomic E-state index is 11.6. The summed E-state index contributed by atoms with van der Waals surface area (Å²) in [5, 5.41) is 0.704. The van der Waals surface area contributed by atoms with E-state index in [0.717, 1.165) is 11.1 Å². The van der Waals surface area contributed by atoms with E-state index in [1.165, 1.54) is 0 Å². The molecule has 0 aliphatic carbocycles.